The summed E-state index contributed by atoms with van der Waals surface area (Å²) >= 11 is 1.47. The molecule has 0 saturated carbocycles. The van der Waals surface area contributed by atoms with Crippen LogP contribution in [0.15, 0.2) is 52.3 Å². The van der Waals surface area contributed by atoms with E-state index in [0.29, 0.717) is 16.8 Å². The molecule has 0 atom stereocenters. The van der Waals surface area contributed by atoms with Crippen LogP contribution in [0.2, 0.25) is 0 Å². The summed E-state index contributed by atoms with van der Waals surface area (Å²) in [6.07, 6.45) is 1.89. The zero-order chi connectivity index (χ0) is 15.5. The Kier molecular flexibility index (Phi) is 4.56. The number of nitriles is 1. The molecule has 6 heteroatoms. The van der Waals surface area contributed by atoms with Gasteiger partial charge in [0.25, 0.3) is 10.0 Å². The van der Waals surface area contributed by atoms with Crippen LogP contribution < -0.4 is 4.72 Å². The molecule has 108 valence electrons. The maximum Gasteiger partial charge on any atom is 0.261 e. The number of hydrogen-bond donors (Lipinski definition) is 1. The topological polar surface area (TPSA) is 70.0 Å². The Morgan fingerprint density at radius 1 is 1.19 bits per heavy atom. The molecule has 0 amide bonds. The highest BCUT2D eigenvalue weighted by Gasteiger charge is 2.16. The Morgan fingerprint density at radius 3 is 2.52 bits per heavy atom. The Bertz CT molecular complexity index is 809. The molecular formula is C15H14N2O2S2. The predicted octanol–water partition coefficient (Wildman–Crippen LogP) is 3.39. The SMILES string of the molecule is CSc1ccccc1NS(=O)(=O)c1ccc(C#N)c(C)c1. The van der Waals surface area contributed by atoms with Crippen LogP contribution in [0.1, 0.15) is 11.1 Å². The molecule has 0 heterocycles. The van der Waals surface area contributed by atoms with Gasteiger partial charge in [0.2, 0.25) is 0 Å². The van der Waals surface area contributed by atoms with Crippen molar-refractivity contribution in [2.75, 3.05) is 11.0 Å². The van der Waals surface area contributed by atoms with Crippen molar-refractivity contribution in [3.63, 3.8) is 0 Å². The Morgan fingerprint density at radius 2 is 1.90 bits per heavy atom. The number of thioether (sulfide) groups is 1. The molecule has 4 nitrogen and oxygen atoms in total. The number of benzene rings is 2. The molecule has 21 heavy (non-hydrogen) atoms. The van der Waals surface area contributed by atoms with Crippen LogP contribution in [-0.2, 0) is 10.0 Å². The molecule has 0 aliphatic carbocycles. The maximum atomic E-state index is 12.4. The highest BCUT2D eigenvalue weighted by atomic mass is 32.2. The van der Waals surface area contributed by atoms with Crippen molar-refractivity contribution in [1.29, 1.82) is 5.26 Å². The van der Waals surface area contributed by atoms with Gasteiger partial charge in [-0.1, -0.05) is 12.1 Å². The second kappa shape index (κ2) is 6.20. The van der Waals surface area contributed by atoms with E-state index in [2.05, 4.69) is 4.72 Å². The molecule has 0 spiro atoms. The first kappa shape index (κ1) is 15.4. The number of para-hydroxylation sites is 1. The molecule has 1 N–H and O–H groups in total. The number of rotatable bonds is 4. The summed E-state index contributed by atoms with van der Waals surface area (Å²) in [6, 6.07) is 13.7. The number of aryl methyl sites for hydroxylation is 1. The quantitative estimate of drug-likeness (QED) is 0.877. The number of anilines is 1. The van der Waals surface area contributed by atoms with Gasteiger partial charge in [-0.3, -0.25) is 4.72 Å². The van der Waals surface area contributed by atoms with E-state index in [9.17, 15) is 8.42 Å². The van der Waals surface area contributed by atoms with Crippen molar-refractivity contribution in [3.8, 4) is 6.07 Å². The predicted molar refractivity (Wildman–Crippen MR) is 84.9 cm³/mol. The molecule has 0 fully saturated rings. The van der Waals surface area contributed by atoms with Gasteiger partial charge >= 0.3 is 0 Å². The number of nitrogens with zero attached hydrogens (tertiary/aromatic N) is 1. The summed E-state index contributed by atoms with van der Waals surface area (Å²) in [6.45, 7) is 1.72. The van der Waals surface area contributed by atoms with Crippen LogP contribution in [-0.4, -0.2) is 14.7 Å². The third-order valence-corrected chi connectivity index (χ3v) is 5.14. The second-order valence-corrected chi connectivity index (χ2v) is 6.92. The average Bonchev–Trinajstić information content (AvgIpc) is 2.47. The Balaban J connectivity index is 2.39. The lowest BCUT2D eigenvalue weighted by Crippen LogP contribution is -2.13. The molecule has 2 aromatic carbocycles. The van der Waals surface area contributed by atoms with E-state index in [1.807, 2.05) is 24.5 Å². The van der Waals surface area contributed by atoms with Gasteiger partial charge in [-0.2, -0.15) is 5.26 Å². The van der Waals surface area contributed by atoms with Gasteiger partial charge in [0, 0.05) is 4.90 Å². The van der Waals surface area contributed by atoms with Gasteiger partial charge in [0.05, 0.1) is 22.2 Å². The fourth-order valence-corrected chi connectivity index (χ4v) is 3.64. The lowest BCUT2D eigenvalue weighted by Gasteiger charge is -2.11. The van der Waals surface area contributed by atoms with E-state index >= 15 is 0 Å². The summed E-state index contributed by atoms with van der Waals surface area (Å²) in [5, 5.41) is 8.90. The van der Waals surface area contributed by atoms with Crippen LogP contribution in [0.5, 0.6) is 0 Å². The minimum absolute atomic E-state index is 0.148. The Hall–Kier alpha value is -1.97. The monoisotopic (exact) mass is 318 g/mol. The lowest BCUT2D eigenvalue weighted by atomic mass is 10.1. The van der Waals surface area contributed by atoms with Crippen molar-refractivity contribution >= 4 is 27.5 Å². The molecule has 0 aliphatic heterocycles. The zero-order valence-electron chi connectivity index (χ0n) is 11.6. The maximum absolute atomic E-state index is 12.4. The highest BCUT2D eigenvalue weighted by Crippen LogP contribution is 2.27. The lowest BCUT2D eigenvalue weighted by molar-refractivity contribution is 0.601. The molecular weight excluding hydrogens is 304 g/mol. The van der Waals surface area contributed by atoms with E-state index in [0.717, 1.165) is 4.90 Å². The van der Waals surface area contributed by atoms with Gasteiger partial charge in [-0.05, 0) is 49.1 Å². The van der Waals surface area contributed by atoms with Crippen LogP contribution >= 0.6 is 11.8 Å². The smallest absolute Gasteiger partial charge is 0.261 e. The van der Waals surface area contributed by atoms with E-state index < -0.39 is 10.0 Å². The molecule has 0 aliphatic rings. The van der Waals surface area contributed by atoms with Crippen LogP contribution in [0.3, 0.4) is 0 Å². The van der Waals surface area contributed by atoms with Crippen molar-refractivity contribution < 1.29 is 8.42 Å². The number of hydrogen-bond acceptors (Lipinski definition) is 4. The summed E-state index contributed by atoms with van der Waals surface area (Å²) in [7, 11) is -3.67. The summed E-state index contributed by atoms with van der Waals surface area (Å²) < 4.78 is 27.4. The van der Waals surface area contributed by atoms with Gasteiger partial charge < -0.3 is 0 Å². The number of nitrogens with one attached hydrogen (secondary N) is 1. The minimum atomic E-state index is -3.67. The molecule has 0 radical (unpaired) electrons. The number of sulfonamides is 1. The van der Waals surface area contributed by atoms with E-state index in [-0.39, 0.29) is 4.90 Å². The van der Waals surface area contributed by atoms with E-state index in [1.54, 1.807) is 19.1 Å². The molecule has 0 bridgehead atoms. The van der Waals surface area contributed by atoms with Crippen molar-refractivity contribution in [2.45, 2.75) is 16.7 Å². The Labute approximate surface area is 128 Å². The first-order valence-electron chi connectivity index (χ1n) is 6.14. The largest absolute Gasteiger partial charge is 0.278 e. The summed E-state index contributed by atoms with van der Waals surface area (Å²) in [4.78, 5) is 1.00. The average molecular weight is 318 g/mol. The molecule has 0 aromatic heterocycles. The molecule has 0 saturated heterocycles. The fourth-order valence-electron chi connectivity index (χ4n) is 1.86. The molecule has 2 rings (SSSR count). The van der Waals surface area contributed by atoms with E-state index in [4.69, 9.17) is 5.26 Å². The van der Waals surface area contributed by atoms with Gasteiger partial charge in [-0.15, -0.1) is 11.8 Å². The minimum Gasteiger partial charge on any atom is -0.278 e. The standard InChI is InChI=1S/C15H14N2O2S2/c1-11-9-13(8-7-12(11)10-16)21(18,19)17-14-5-3-4-6-15(14)20-2/h3-9,17H,1-2H3. The second-order valence-electron chi connectivity index (χ2n) is 4.39. The fraction of sp³-hybridized carbons (Fsp3) is 0.133. The van der Waals surface area contributed by atoms with Crippen LogP contribution in [0.4, 0.5) is 5.69 Å². The van der Waals surface area contributed by atoms with Crippen molar-refractivity contribution in [3.05, 3.63) is 53.6 Å². The highest BCUT2D eigenvalue weighted by molar-refractivity contribution is 7.99. The normalized spacial score (nSPS) is 10.9. The van der Waals surface area contributed by atoms with Gasteiger partial charge in [0.1, 0.15) is 0 Å². The zero-order valence-corrected chi connectivity index (χ0v) is 13.3. The third kappa shape index (κ3) is 3.38. The first-order valence-corrected chi connectivity index (χ1v) is 8.85. The van der Waals surface area contributed by atoms with Crippen molar-refractivity contribution in [2.24, 2.45) is 0 Å². The summed E-state index contributed by atoms with van der Waals surface area (Å²) in [5.74, 6) is 0. The molecule has 2 aromatic rings. The van der Waals surface area contributed by atoms with Crippen molar-refractivity contribution in [1.82, 2.24) is 0 Å². The summed E-state index contributed by atoms with van der Waals surface area (Å²) in [5.41, 5.74) is 1.66. The first-order chi connectivity index (χ1) is 9.97. The van der Waals surface area contributed by atoms with Crippen LogP contribution in [0, 0.1) is 18.3 Å². The van der Waals surface area contributed by atoms with Crippen LogP contribution in [0.25, 0.3) is 0 Å². The molecule has 0 unspecified atom stereocenters. The van der Waals surface area contributed by atoms with E-state index in [1.165, 1.54) is 30.0 Å². The van der Waals surface area contributed by atoms with Gasteiger partial charge in [-0.25, -0.2) is 8.42 Å². The van der Waals surface area contributed by atoms with Gasteiger partial charge in [0.15, 0.2) is 0 Å². The third-order valence-electron chi connectivity index (χ3n) is 2.98.